The van der Waals surface area contributed by atoms with Crippen molar-refractivity contribution in [3.63, 3.8) is 0 Å². The summed E-state index contributed by atoms with van der Waals surface area (Å²) in [4.78, 5) is 0. The molecule has 0 saturated heterocycles. The molecule has 1 rings (SSSR count). The van der Waals surface area contributed by atoms with Crippen LogP contribution in [0.2, 0.25) is 26.2 Å². The van der Waals surface area contributed by atoms with Crippen LogP contribution in [0.25, 0.3) is 0 Å². The van der Waals surface area contributed by atoms with Crippen molar-refractivity contribution in [1.29, 1.82) is 0 Å². The van der Waals surface area contributed by atoms with Crippen LogP contribution in [0.5, 0.6) is 0 Å². The SMILES string of the molecule is C[SiH2]OC1(CO)CCCCC1O[Si](C)(C)C. The van der Waals surface area contributed by atoms with Gasteiger partial charge in [0.2, 0.25) is 0 Å². The highest BCUT2D eigenvalue weighted by Gasteiger charge is 2.43. The van der Waals surface area contributed by atoms with Crippen molar-refractivity contribution in [3.05, 3.63) is 0 Å². The lowest BCUT2D eigenvalue weighted by Crippen LogP contribution is -2.54. The Kier molecular flexibility index (Phi) is 5.19. The first-order valence-corrected chi connectivity index (χ1v) is 11.8. The summed E-state index contributed by atoms with van der Waals surface area (Å²) < 4.78 is 12.2. The number of hydrogen-bond donors (Lipinski definition) is 1. The molecule has 0 heterocycles. The maximum absolute atomic E-state index is 9.67. The predicted molar refractivity (Wildman–Crippen MR) is 72.0 cm³/mol. The molecule has 1 aliphatic rings. The molecule has 0 aromatic heterocycles. The van der Waals surface area contributed by atoms with Gasteiger partial charge in [0.05, 0.1) is 12.7 Å². The van der Waals surface area contributed by atoms with E-state index in [2.05, 4.69) is 26.2 Å². The molecule has 16 heavy (non-hydrogen) atoms. The summed E-state index contributed by atoms with van der Waals surface area (Å²) in [6.45, 7) is 8.84. The summed E-state index contributed by atoms with van der Waals surface area (Å²) in [6.07, 6.45) is 4.47. The van der Waals surface area contributed by atoms with Crippen molar-refractivity contribution in [2.75, 3.05) is 6.61 Å². The molecule has 0 aromatic rings. The van der Waals surface area contributed by atoms with Crippen molar-refractivity contribution < 1.29 is 14.0 Å². The molecule has 96 valence electrons. The fraction of sp³-hybridized carbons (Fsp3) is 1.00. The molecule has 1 saturated carbocycles. The second kappa shape index (κ2) is 5.77. The predicted octanol–water partition coefficient (Wildman–Crippen LogP) is 1.66. The summed E-state index contributed by atoms with van der Waals surface area (Å²) in [6, 6.07) is 0. The standard InChI is InChI=1S/C11H26O3Si2/c1-15-14-11(9-12)8-6-5-7-10(11)13-16(2,3)4/h10,12H,5-9,15H2,1-4H3. The van der Waals surface area contributed by atoms with Crippen molar-refractivity contribution in [2.45, 2.75) is 63.6 Å². The van der Waals surface area contributed by atoms with E-state index in [0.717, 1.165) is 19.3 Å². The summed E-state index contributed by atoms with van der Waals surface area (Å²) in [5.74, 6) is 0. The van der Waals surface area contributed by atoms with E-state index in [4.69, 9.17) is 8.85 Å². The lowest BCUT2D eigenvalue weighted by atomic mass is 9.83. The smallest absolute Gasteiger partial charge is 0.184 e. The zero-order chi connectivity index (χ0) is 12.2. The fourth-order valence-electron chi connectivity index (χ4n) is 2.45. The third kappa shape index (κ3) is 3.66. The Labute approximate surface area is 103 Å². The van der Waals surface area contributed by atoms with E-state index >= 15 is 0 Å². The summed E-state index contributed by atoms with van der Waals surface area (Å²) in [7, 11) is -2.06. The number of aliphatic hydroxyl groups excluding tert-OH is 1. The molecule has 0 amide bonds. The Bertz CT molecular complexity index is 214. The van der Waals surface area contributed by atoms with Crippen LogP contribution >= 0.6 is 0 Å². The van der Waals surface area contributed by atoms with Crippen LogP contribution in [-0.4, -0.2) is 41.5 Å². The number of rotatable bonds is 5. The highest BCUT2D eigenvalue weighted by Crippen LogP contribution is 2.35. The molecule has 0 aliphatic heterocycles. The van der Waals surface area contributed by atoms with Gasteiger partial charge in [-0.3, -0.25) is 0 Å². The van der Waals surface area contributed by atoms with Crippen LogP contribution < -0.4 is 0 Å². The molecule has 5 heteroatoms. The van der Waals surface area contributed by atoms with Crippen molar-refractivity contribution in [1.82, 2.24) is 0 Å². The van der Waals surface area contributed by atoms with Crippen LogP contribution in [0, 0.1) is 0 Å². The minimum absolute atomic E-state index is 0.114. The Morgan fingerprint density at radius 2 is 2.06 bits per heavy atom. The van der Waals surface area contributed by atoms with Gasteiger partial charge in [-0.2, -0.15) is 0 Å². The Morgan fingerprint density at radius 3 is 2.56 bits per heavy atom. The van der Waals surface area contributed by atoms with Gasteiger partial charge in [0.25, 0.3) is 0 Å². The minimum Gasteiger partial charge on any atom is -0.414 e. The van der Waals surface area contributed by atoms with Gasteiger partial charge in [-0.05, 0) is 32.5 Å². The molecule has 0 aromatic carbocycles. The van der Waals surface area contributed by atoms with Gasteiger partial charge in [-0.25, -0.2) is 0 Å². The molecule has 1 fully saturated rings. The molecule has 1 N–H and O–H groups in total. The summed E-state index contributed by atoms with van der Waals surface area (Å²) >= 11 is 0. The molecule has 0 spiro atoms. The highest BCUT2D eigenvalue weighted by molar-refractivity contribution is 6.69. The quantitative estimate of drug-likeness (QED) is 0.766. The molecule has 1 aliphatic carbocycles. The lowest BCUT2D eigenvalue weighted by molar-refractivity contribution is -0.0995. The van der Waals surface area contributed by atoms with Crippen LogP contribution in [0.1, 0.15) is 25.7 Å². The normalized spacial score (nSPS) is 32.4. The van der Waals surface area contributed by atoms with Crippen LogP contribution in [-0.2, 0) is 8.85 Å². The van der Waals surface area contributed by atoms with Crippen LogP contribution in [0.15, 0.2) is 0 Å². The first-order chi connectivity index (χ1) is 7.43. The van der Waals surface area contributed by atoms with Gasteiger partial charge >= 0.3 is 0 Å². The number of hydrogen-bond acceptors (Lipinski definition) is 3. The monoisotopic (exact) mass is 262 g/mol. The Morgan fingerprint density at radius 1 is 1.38 bits per heavy atom. The largest absolute Gasteiger partial charge is 0.414 e. The third-order valence-corrected chi connectivity index (χ3v) is 4.95. The van der Waals surface area contributed by atoms with Crippen molar-refractivity contribution in [2.24, 2.45) is 0 Å². The van der Waals surface area contributed by atoms with Gasteiger partial charge in [0.1, 0.15) is 5.60 Å². The second-order valence-corrected chi connectivity index (χ2v) is 10.9. The zero-order valence-corrected chi connectivity index (χ0v) is 13.5. The summed E-state index contributed by atoms with van der Waals surface area (Å²) in [5, 5.41) is 9.67. The van der Waals surface area contributed by atoms with Gasteiger partial charge in [0, 0.05) is 0 Å². The summed E-state index contributed by atoms with van der Waals surface area (Å²) in [5.41, 5.74) is -0.375. The zero-order valence-electron chi connectivity index (χ0n) is 11.1. The Hall–Kier alpha value is 0.314. The van der Waals surface area contributed by atoms with Crippen LogP contribution in [0.3, 0.4) is 0 Å². The van der Waals surface area contributed by atoms with E-state index in [1.165, 1.54) is 6.42 Å². The van der Waals surface area contributed by atoms with Gasteiger partial charge in [-0.1, -0.05) is 19.4 Å². The minimum atomic E-state index is -1.55. The average molecular weight is 262 g/mol. The molecule has 0 bridgehead atoms. The highest BCUT2D eigenvalue weighted by atomic mass is 28.4. The van der Waals surface area contributed by atoms with Crippen molar-refractivity contribution >= 4 is 18.1 Å². The van der Waals surface area contributed by atoms with Crippen LogP contribution in [0.4, 0.5) is 0 Å². The third-order valence-electron chi connectivity index (χ3n) is 3.10. The van der Waals surface area contributed by atoms with Gasteiger partial charge in [0.15, 0.2) is 18.1 Å². The number of aliphatic hydroxyl groups is 1. The van der Waals surface area contributed by atoms with E-state index in [1.54, 1.807) is 0 Å². The van der Waals surface area contributed by atoms with Gasteiger partial charge in [-0.15, -0.1) is 0 Å². The molecule has 0 radical (unpaired) electrons. The second-order valence-electron chi connectivity index (χ2n) is 5.62. The van der Waals surface area contributed by atoms with E-state index in [1.807, 2.05) is 0 Å². The van der Waals surface area contributed by atoms with E-state index in [0.29, 0.717) is 0 Å². The van der Waals surface area contributed by atoms with E-state index in [-0.39, 0.29) is 18.3 Å². The lowest BCUT2D eigenvalue weighted by Gasteiger charge is -2.45. The molecular weight excluding hydrogens is 236 g/mol. The fourth-order valence-corrected chi connectivity index (χ4v) is 4.63. The molecular formula is C11H26O3Si2. The maximum Gasteiger partial charge on any atom is 0.184 e. The topological polar surface area (TPSA) is 38.7 Å². The average Bonchev–Trinajstić information content (AvgIpc) is 2.19. The molecule has 2 unspecified atom stereocenters. The first kappa shape index (κ1) is 14.4. The van der Waals surface area contributed by atoms with Gasteiger partial charge < -0.3 is 14.0 Å². The molecule has 2 atom stereocenters. The molecule has 3 nitrogen and oxygen atoms in total. The van der Waals surface area contributed by atoms with E-state index < -0.39 is 18.1 Å². The van der Waals surface area contributed by atoms with E-state index in [9.17, 15) is 5.11 Å². The first-order valence-electron chi connectivity index (χ1n) is 6.36. The Balaban J connectivity index is 2.75. The maximum atomic E-state index is 9.67. The van der Waals surface area contributed by atoms with Crippen molar-refractivity contribution in [3.8, 4) is 0 Å².